The lowest BCUT2D eigenvalue weighted by Crippen LogP contribution is -2.39. The minimum atomic E-state index is -1.35. The predicted octanol–water partition coefficient (Wildman–Crippen LogP) is 2.03. The minimum absolute atomic E-state index is 0.212. The third-order valence-electron chi connectivity index (χ3n) is 3.16. The summed E-state index contributed by atoms with van der Waals surface area (Å²) in [6.45, 7) is 2.20. The molecule has 0 aliphatic carbocycles. The Morgan fingerprint density at radius 1 is 1.47 bits per heavy atom. The Morgan fingerprint density at radius 3 is 2.74 bits per heavy atom. The van der Waals surface area contributed by atoms with Crippen LogP contribution in [-0.2, 0) is 9.53 Å². The molecule has 2 rings (SSSR count). The Kier molecular flexibility index (Phi) is 3.53. The van der Waals surface area contributed by atoms with E-state index in [9.17, 15) is 14.0 Å². The number of carbonyl (C=O) groups excluding carboxylic acids is 1. The van der Waals surface area contributed by atoms with Crippen LogP contribution in [-0.4, -0.2) is 29.2 Å². The summed E-state index contributed by atoms with van der Waals surface area (Å²) in [6.07, 6.45) is 1.41. The molecule has 0 bridgehead atoms. The molecular weight excluding hydrogens is 253 g/mol. The molecular formula is C13H14FNO4. The van der Waals surface area contributed by atoms with Gasteiger partial charge in [-0.2, -0.15) is 0 Å². The second-order valence-corrected chi connectivity index (χ2v) is 4.64. The Morgan fingerprint density at radius 2 is 2.21 bits per heavy atom. The van der Waals surface area contributed by atoms with Gasteiger partial charge in [-0.15, -0.1) is 0 Å². The lowest BCUT2D eigenvalue weighted by Gasteiger charge is -2.21. The van der Waals surface area contributed by atoms with E-state index in [1.54, 1.807) is 6.92 Å². The van der Waals surface area contributed by atoms with Crippen LogP contribution in [0.1, 0.15) is 30.1 Å². The molecule has 1 saturated heterocycles. The second kappa shape index (κ2) is 4.97. The summed E-state index contributed by atoms with van der Waals surface area (Å²) in [5, 5.41) is 11.2. The molecule has 1 heterocycles. The van der Waals surface area contributed by atoms with Crippen molar-refractivity contribution in [1.82, 2.24) is 0 Å². The molecule has 1 amide bonds. The molecule has 6 heteroatoms. The molecule has 0 aromatic heterocycles. The number of anilines is 1. The number of rotatable bonds is 3. The Labute approximate surface area is 109 Å². The van der Waals surface area contributed by atoms with Crippen LogP contribution in [0.2, 0.25) is 0 Å². The van der Waals surface area contributed by atoms with E-state index >= 15 is 0 Å². The molecule has 1 aliphatic heterocycles. The van der Waals surface area contributed by atoms with Crippen LogP contribution in [0.5, 0.6) is 0 Å². The lowest BCUT2D eigenvalue weighted by molar-refractivity contribution is -0.133. The van der Waals surface area contributed by atoms with Crippen molar-refractivity contribution in [3.05, 3.63) is 29.6 Å². The highest BCUT2D eigenvalue weighted by molar-refractivity contribution is 5.97. The van der Waals surface area contributed by atoms with E-state index in [4.69, 9.17) is 9.84 Å². The molecule has 0 radical (unpaired) electrons. The van der Waals surface area contributed by atoms with Gasteiger partial charge in [0, 0.05) is 12.3 Å². The largest absolute Gasteiger partial charge is 0.478 e. The van der Waals surface area contributed by atoms with Gasteiger partial charge in [0.2, 0.25) is 0 Å². The smallest absolute Gasteiger partial charge is 0.338 e. The number of hydrogen-bond acceptors (Lipinski definition) is 3. The average Bonchev–Trinajstić information content (AvgIpc) is 2.77. The Hall–Kier alpha value is -1.95. The molecule has 19 heavy (non-hydrogen) atoms. The maximum absolute atomic E-state index is 13.5. The third-order valence-corrected chi connectivity index (χ3v) is 3.16. The third kappa shape index (κ3) is 2.73. The number of carboxylic acid groups (broad SMARTS) is 1. The number of ether oxygens (including phenoxy) is 1. The van der Waals surface area contributed by atoms with Crippen molar-refractivity contribution in [3.63, 3.8) is 0 Å². The van der Waals surface area contributed by atoms with Crippen molar-refractivity contribution in [1.29, 1.82) is 0 Å². The fourth-order valence-electron chi connectivity index (χ4n) is 1.99. The van der Waals surface area contributed by atoms with Crippen LogP contribution in [0.15, 0.2) is 18.2 Å². The van der Waals surface area contributed by atoms with Gasteiger partial charge in [0.25, 0.3) is 5.91 Å². The van der Waals surface area contributed by atoms with E-state index < -0.39 is 23.0 Å². The van der Waals surface area contributed by atoms with E-state index in [1.165, 1.54) is 6.07 Å². The van der Waals surface area contributed by atoms with Crippen molar-refractivity contribution >= 4 is 17.6 Å². The SMILES string of the molecule is CC1(C(=O)Nc2ccc(C(=O)O)c(F)c2)CCCO1. The summed E-state index contributed by atoms with van der Waals surface area (Å²) in [5.41, 5.74) is -1.12. The molecule has 0 spiro atoms. The summed E-state index contributed by atoms with van der Waals surface area (Å²) in [4.78, 5) is 22.7. The first kappa shape index (κ1) is 13.5. The number of carboxylic acids is 1. The van der Waals surface area contributed by atoms with Crippen molar-refractivity contribution < 1.29 is 23.8 Å². The number of aromatic carboxylic acids is 1. The molecule has 1 aromatic carbocycles. The van der Waals surface area contributed by atoms with E-state index in [0.717, 1.165) is 18.6 Å². The standard InChI is InChI=1S/C13H14FNO4/c1-13(5-2-6-19-13)12(18)15-8-3-4-9(11(16)17)10(14)7-8/h3-4,7H,2,5-6H2,1H3,(H,15,18)(H,16,17). The second-order valence-electron chi connectivity index (χ2n) is 4.64. The molecule has 1 aliphatic rings. The number of carbonyl (C=O) groups is 2. The first-order valence-electron chi connectivity index (χ1n) is 5.91. The summed E-state index contributed by atoms with van der Waals surface area (Å²) >= 11 is 0. The van der Waals surface area contributed by atoms with Gasteiger partial charge in [-0.05, 0) is 38.0 Å². The van der Waals surface area contributed by atoms with Crippen LogP contribution in [0.3, 0.4) is 0 Å². The van der Waals surface area contributed by atoms with E-state index in [1.807, 2.05) is 0 Å². The summed E-state index contributed by atoms with van der Waals surface area (Å²) in [5.74, 6) is -2.59. The molecule has 1 aromatic rings. The maximum Gasteiger partial charge on any atom is 0.338 e. The van der Waals surface area contributed by atoms with Gasteiger partial charge in [-0.25, -0.2) is 9.18 Å². The van der Waals surface area contributed by atoms with E-state index in [2.05, 4.69) is 5.32 Å². The zero-order valence-corrected chi connectivity index (χ0v) is 10.4. The van der Waals surface area contributed by atoms with E-state index in [0.29, 0.717) is 13.0 Å². The molecule has 1 unspecified atom stereocenters. The van der Waals surface area contributed by atoms with Crippen molar-refractivity contribution in [2.75, 3.05) is 11.9 Å². The van der Waals surface area contributed by atoms with Crippen LogP contribution >= 0.6 is 0 Å². The van der Waals surface area contributed by atoms with Gasteiger partial charge >= 0.3 is 5.97 Å². The predicted molar refractivity (Wildman–Crippen MR) is 65.6 cm³/mol. The number of amides is 1. The number of hydrogen-bond donors (Lipinski definition) is 2. The summed E-state index contributed by atoms with van der Waals surface area (Å²) < 4.78 is 18.8. The summed E-state index contributed by atoms with van der Waals surface area (Å²) in [7, 11) is 0. The average molecular weight is 267 g/mol. The van der Waals surface area contributed by atoms with Gasteiger partial charge in [0.05, 0.1) is 5.56 Å². The van der Waals surface area contributed by atoms with Gasteiger partial charge in [0.1, 0.15) is 11.4 Å². The maximum atomic E-state index is 13.5. The van der Waals surface area contributed by atoms with Gasteiger partial charge in [0.15, 0.2) is 0 Å². The van der Waals surface area contributed by atoms with Crippen molar-refractivity contribution in [2.24, 2.45) is 0 Å². The first-order valence-corrected chi connectivity index (χ1v) is 5.91. The molecule has 5 nitrogen and oxygen atoms in total. The Bertz CT molecular complexity index is 523. The fourth-order valence-corrected chi connectivity index (χ4v) is 1.99. The number of halogens is 1. The van der Waals surface area contributed by atoms with Gasteiger partial charge in [-0.3, -0.25) is 4.79 Å². The number of benzene rings is 1. The quantitative estimate of drug-likeness (QED) is 0.878. The van der Waals surface area contributed by atoms with Gasteiger partial charge in [-0.1, -0.05) is 0 Å². The van der Waals surface area contributed by atoms with Crippen molar-refractivity contribution in [3.8, 4) is 0 Å². The zero-order chi connectivity index (χ0) is 14.0. The minimum Gasteiger partial charge on any atom is -0.478 e. The normalized spacial score (nSPS) is 22.2. The molecule has 0 saturated carbocycles. The van der Waals surface area contributed by atoms with Crippen LogP contribution in [0, 0.1) is 5.82 Å². The number of nitrogens with one attached hydrogen (secondary N) is 1. The van der Waals surface area contributed by atoms with Crippen molar-refractivity contribution in [2.45, 2.75) is 25.4 Å². The molecule has 2 N–H and O–H groups in total. The molecule has 1 atom stereocenters. The highest BCUT2D eigenvalue weighted by Gasteiger charge is 2.37. The fraction of sp³-hybridized carbons (Fsp3) is 0.385. The van der Waals surface area contributed by atoms with Crippen LogP contribution in [0.4, 0.5) is 10.1 Å². The van der Waals surface area contributed by atoms with Crippen LogP contribution < -0.4 is 5.32 Å². The van der Waals surface area contributed by atoms with Crippen LogP contribution in [0.25, 0.3) is 0 Å². The zero-order valence-electron chi connectivity index (χ0n) is 10.4. The van der Waals surface area contributed by atoms with E-state index in [-0.39, 0.29) is 11.6 Å². The topological polar surface area (TPSA) is 75.6 Å². The lowest BCUT2D eigenvalue weighted by atomic mass is 10.0. The first-order chi connectivity index (χ1) is 8.92. The Balaban J connectivity index is 2.13. The highest BCUT2D eigenvalue weighted by Crippen LogP contribution is 2.27. The highest BCUT2D eigenvalue weighted by atomic mass is 19.1. The monoisotopic (exact) mass is 267 g/mol. The molecule has 1 fully saturated rings. The summed E-state index contributed by atoms with van der Waals surface area (Å²) in [6, 6.07) is 3.45. The van der Waals surface area contributed by atoms with Gasteiger partial charge < -0.3 is 15.2 Å². The molecule has 102 valence electrons.